The average molecular weight is 406 g/mol. The maximum atomic E-state index is 12.9. The van der Waals surface area contributed by atoms with Crippen LogP contribution in [0.25, 0.3) is 0 Å². The molecule has 0 spiro atoms. The summed E-state index contributed by atoms with van der Waals surface area (Å²) < 4.78 is 11.5. The maximum absolute atomic E-state index is 12.9. The molecule has 4 nitrogen and oxygen atoms in total. The van der Waals surface area contributed by atoms with Gasteiger partial charge in [0.2, 0.25) is 0 Å². The van der Waals surface area contributed by atoms with Crippen LogP contribution in [0, 0.1) is 5.92 Å². The standard InChI is InChI=1S/C21H24ClNO3S/c1-13(2)20(14-5-8-18-19(11-14)26-10-4-9-25-18)23-21(24)16-12-15(27-3)6-7-17(16)22/h5-8,11-13,20H,4,9-10H2,1-3H3,(H,23,24). The Morgan fingerprint density at radius 3 is 2.56 bits per heavy atom. The molecule has 3 rings (SSSR count). The largest absolute Gasteiger partial charge is 0.490 e. The van der Waals surface area contributed by atoms with E-state index in [0.717, 1.165) is 28.4 Å². The van der Waals surface area contributed by atoms with Crippen molar-refractivity contribution < 1.29 is 14.3 Å². The van der Waals surface area contributed by atoms with Crippen LogP contribution in [0.1, 0.15) is 42.2 Å². The summed E-state index contributed by atoms with van der Waals surface area (Å²) in [6, 6.07) is 11.2. The SMILES string of the molecule is CSc1ccc(Cl)c(C(=O)NC(c2ccc3c(c2)OCCCO3)C(C)C)c1. The third kappa shape index (κ3) is 4.71. The van der Waals surface area contributed by atoms with Gasteiger partial charge in [-0.05, 0) is 48.1 Å². The summed E-state index contributed by atoms with van der Waals surface area (Å²) in [5.74, 6) is 1.50. The van der Waals surface area contributed by atoms with E-state index >= 15 is 0 Å². The van der Waals surface area contributed by atoms with Gasteiger partial charge in [-0.1, -0.05) is 31.5 Å². The normalized spacial score (nSPS) is 14.6. The van der Waals surface area contributed by atoms with Crippen LogP contribution in [-0.2, 0) is 0 Å². The van der Waals surface area contributed by atoms with Gasteiger partial charge in [-0.25, -0.2) is 0 Å². The molecule has 2 aromatic rings. The molecular formula is C21H24ClNO3S. The summed E-state index contributed by atoms with van der Waals surface area (Å²) in [6.45, 7) is 5.44. The molecule has 1 aliphatic rings. The summed E-state index contributed by atoms with van der Waals surface area (Å²) in [5.41, 5.74) is 1.48. The van der Waals surface area contributed by atoms with Gasteiger partial charge in [-0.15, -0.1) is 11.8 Å². The molecular weight excluding hydrogens is 382 g/mol. The number of carbonyl (C=O) groups excluding carboxylic acids is 1. The van der Waals surface area contributed by atoms with Gasteiger partial charge in [0.05, 0.1) is 29.8 Å². The molecule has 0 bridgehead atoms. The van der Waals surface area contributed by atoms with Crippen molar-refractivity contribution in [2.24, 2.45) is 5.92 Å². The predicted molar refractivity (Wildman–Crippen MR) is 110 cm³/mol. The number of carbonyl (C=O) groups is 1. The Hall–Kier alpha value is -1.85. The van der Waals surface area contributed by atoms with E-state index in [1.807, 2.05) is 36.6 Å². The molecule has 0 saturated carbocycles. The van der Waals surface area contributed by atoms with Gasteiger partial charge in [0, 0.05) is 11.3 Å². The van der Waals surface area contributed by atoms with Crippen LogP contribution in [-0.4, -0.2) is 25.4 Å². The Morgan fingerprint density at radius 2 is 1.85 bits per heavy atom. The molecule has 0 aliphatic carbocycles. The second-order valence-electron chi connectivity index (χ2n) is 6.80. The summed E-state index contributed by atoms with van der Waals surface area (Å²) in [7, 11) is 0. The Balaban J connectivity index is 1.86. The van der Waals surface area contributed by atoms with E-state index in [1.165, 1.54) is 0 Å². The summed E-state index contributed by atoms with van der Waals surface area (Å²) in [5, 5.41) is 3.59. The van der Waals surface area contributed by atoms with Gasteiger partial charge in [0.25, 0.3) is 5.91 Å². The number of fused-ring (bicyclic) bond motifs is 1. The first-order chi connectivity index (χ1) is 13.0. The van der Waals surface area contributed by atoms with Crippen molar-refractivity contribution in [2.75, 3.05) is 19.5 Å². The number of benzene rings is 2. The quantitative estimate of drug-likeness (QED) is 0.681. The molecule has 1 atom stereocenters. The Morgan fingerprint density at radius 1 is 1.11 bits per heavy atom. The number of ether oxygens (including phenoxy) is 2. The molecule has 0 aromatic heterocycles. The van der Waals surface area contributed by atoms with Gasteiger partial charge in [0.15, 0.2) is 11.5 Å². The molecule has 0 saturated heterocycles. The fourth-order valence-electron chi connectivity index (χ4n) is 3.03. The van der Waals surface area contributed by atoms with E-state index in [1.54, 1.807) is 17.8 Å². The van der Waals surface area contributed by atoms with E-state index in [0.29, 0.717) is 23.8 Å². The number of amides is 1. The lowest BCUT2D eigenvalue weighted by molar-refractivity contribution is 0.0925. The zero-order chi connectivity index (χ0) is 19.4. The lowest BCUT2D eigenvalue weighted by Crippen LogP contribution is -2.32. The second kappa shape index (κ2) is 8.89. The highest BCUT2D eigenvalue weighted by Crippen LogP contribution is 2.34. The highest BCUT2D eigenvalue weighted by molar-refractivity contribution is 7.98. The molecule has 0 radical (unpaired) electrons. The van der Waals surface area contributed by atoms with Crippen molar-refractivity contribution in [1.82, 2.24) is 5.32 Å². The highest BCUT2D eigenvalue weighted by Gasteiger charge is 2.23. The number of rotatable bonds is 5. The molecule has 1 heterocycles. The molecule has 1 unspecified atom stereocenters. The van der Waals surface area contributed by atoms with Crippen LogP contribution in [0.4, 0.5) is 0 Å². The topological polar surface area (TPSA) is 47.6 Å². The molecule has 2 aromatic carbocycles. The molecule has 144 valence electrons. The Kier molecular flexibility index (Phi) is 6.55. The van der Waals surface area contributed by atoms with E-state index in [-0.39, 0.29) is 17.9 Å². The van der Waals surface area contributed by atoms with Crippen LogP contribution in [0.5, 0.6) is 11.5 Å². The lowest BCUT2D eigenvalue weighted by Gasteiger charge is -2.24. The molecule has 27 heavy (non-hydrogen) atoms. The summed E-state index contributed by atoms with van der Waals surface area (Å²) in [6.07, 6.45) is 2.83. The third-order valence-corrected chi connectivity index (χ3v) is 5.56. The zero-order valence-electron chi connectivity index (χ0n) is 15.8. The van der Waals surface area contributed by atoms with Crippen LogP contribution in [0.2, 0.25) is 5.02 Å². The van der Waals surface area contributed by atoms with Crippen molar-refractivity contribution in [2.45, 2.75) is 31.2 Å². The lowest BCUT2D eigenvalue weighted by atomic mass is 9.95. The number of nitrogens with one attached hydrogen (secondary N) is 1. The molecule has 6 heteroatoms. The van der Waals surface area contributed by atoms with E-state index < -0.39 is 0 Å². The number of hydrogen-bond acceptors (Lipinski definition) is 4. The number of hydrogen-bond donors (Lipinski definition) is 1. The Labute approximate surface area is 169 Å². The first-order valence-corrected chi connectivity index (χ1v) is 10.6. The van der Waals surface area contributed by atoms with Gasteiger partial charge < -0.3 is 14.8 Å². The molecule has 0 fully saturated rings. The summed E-state index contributed by atoms with van der Waals surface area (Å²) >= 11 is 7.84. The Bertz CT molecular complexity index is 825. The first kappa shape index (κ1) is 19.9. The van der Waals surface area contributed by atoms with Crippen molar-refractivity contribution in [3.05, 3.63) is 52.5 Å². The smallest absolute Gasteiger partial charge is 0.253 e. The van der Waals surface area contributed by atoms with Crippen molar-refractivity contribution in [3.8, 4) is 11.5 Å². The molecule has 1 amide bonds. The third-order valence-electron chi connectivity index (χ3n) is 4.50. The molecule has 1 aliphatic heterocycles. The molecule has 1 N–H and O–H groups in total. The fourth-order valence-corrected chi connectivity index (χ4v) is 3.68. The minimum atomic E-state index is -0.179. The minimum absolute atomic E-state index is 0.163. The van der Waals surface area contributed by atoms with Crippen LogP contribution in [0.3, 0.4) is 0 Å². The zero-order valence-corrected chi connectivity index (χ0v) is 17.3. The minimum Gasteiger partial charge on any atom is -0.490 e. The van der Waals surface area contributed by atoms with Gasteiger partial charge in [-0.2, -0.15) is 0 Å². The van der Waals surface area contributed by atoms with E-state index in [4.69, 9.17) is 21.1 Å². The fraction of sp³-hybridized carbons (Fsp3) is 0.381. The monoisotopic (exact) mass is 405 g/mol. The predicted octanol–water partition coefficient (Wildman–Crippen LogP) is 5.35. The highest BCUT2D eigenvalue weighted by atomic mass is 35.5. The van der Waals surface area contributed by atoms with E-state index in [9.17, 15) is 4.79 Å². The van der Waals surface area contributed by atoms with Crippen LogP contribution in [0.15, 0.2) is 41.3 Å². The van der Waals surface area contributed by atoms with Crippen LogP contribution < -0.4 is 14.8 Å². The number of halogens is 1. The average Bonchev–Trinajstić information content (AvgIpc) is 2.90. The van der Waals surface area contributed by atoms with Gasteiger partial charge in [-0.3, -0.25) is 4.79 Å². The second-order valence-corrected chi connectivity index (χ2v) is 8.08. The van der Waals surface area contributed by atoms with Crippen molar-refractivity contribution >= 4 is 29.3 Å². The first-order valence-electron chi connectivity index (χ1n) is 9.03. The number of thioether (sulfide) groups is 1. The van der Waals surface area contributed by atoms with Gasteiger partial charge >= 0.3 is 0 Å². The van der Waals surface area contributed by atoms with Gasteiger partial charge in [0.1, 0.15) is 0 Å². The van der Waals surface area contributed by atoms with E-state index in [2.05, 4.69) is 19.2 Å². The maximum Gasteiger partial charge on any atom is 0.253 e. The van der Waals surface area contributed by atoms with Crippen molar-refractivity contribution in [3.63, 3.8) is 0 Å². The summed E-state index contributed by atoms with van der Waals surface area (Å²) in [4.78, 5) is 13.9. The van der Waals surface area contributed by atoms with Crippen molar-refractivity contribution in [1.29, 1.82) is 0 Å². The van der Waals surface area contributed by atoms with Crippen LogP contribution >= 0.6 is 23.4 Å².